The Balaban J connectivity index is 1.67. The van der Waals surface area contributed by atoms with Gasteiger partial charge in [0.2, 0.25) is 0 Å². The van der Waals surface area contributed by atoms with Gasteiger partial charge in [-0.1, -0.05) is 78.9 Å². The van der Waals surface area contributed by atoms with Crippen molar-refractivity contribution in [3.05, 3.63) is 102 Å². The summed E-state index contributed by atoms with van der Waals surface area (Å²) in [4.78, 5) is 0. The molecule has 2 heterocycles. The van der Waals surface area contributed by atoms with E-state index in [1.54, 1.807) is 0 Å². The van der Waals surface area contributed by atoms with Crippen molar-refractivity contribution in [3.8, 4) is 22.4 Å². The van der Waals surface area contributed by atoms with Crippen LogP contribution in [0, 0.1) is 13.8 Å². The largest absolute Gasteiger partial charge is 0.389 e. The van der Waals surface area contributed by atoms with Gasteiger partial charge in [-0.2, -0.15) is 5.10 Å². The first-order chi connectivity index (χ1) is 15.6. The van der Waals surface area contributed by atoms with Crippen LogP contribution in [0.4, 0.5) is 0 Å². The minimum Gasteiger partial charge on any atom is -0.389 e. The lowest BCUT2D eigenvalue weighted by Crippen LogP contribution is -2.23. The molecule has 1 unspecified atom stereocenters. The summed E-state index contributed by atoms with van der Waals surface area (Å²) in [5.74, 6) is 0. The number of aromatic nitrogens is 3. The summed E-state index contributed by atoms with van der Waals surface area (Å²) in [6.45, 7) is 4.95. The van der Waals surface area contributed by atoms with Gasteiger partial charge in [0.05, 0.1) is 30.6 Å². The van der Waals surface area contributed by atoms with Gasteiger partial charge in [-0.05, 0) is 37.1 Å². The third-order valence-electron chi connectivity index (χ3n) is 5.96. The van der Waals surface area contributed by atoms with E-state index in [0.29, 0.717) is 13.1 Å². The average Bonchev–Trinajstić information content (AvgIpc) is 3.31. The van der Waals surface area contributed by atoms with Crippen molar-refractivity contribution in [1.82, 2.24) is 14.3 Å². The molecule has 1 atom stereocenters. The van der Waals surface area contributed by atoms with Crippen LogP contribution in [0.2, 0.25) is 0 Å². The number of aliphatic hydroxyl groups is 1. The van der Waals surface area contributed by atoms with Crippen LogP contribution in [-0.4, -0.2) is 25.6 Å². The highest BCUT2D eigenvalue weighted by molar-refractivity contribution is 6.04. The van der Waals surface area contributed by atoms with Crippen molar-refractivity contribution in [1.29, 1.82) is 0 Å². The molecule has 0 aliphatic heterocycles. The smallest absolute Gasteiger partial charge is 0.0914 e. The average molecular weight is 422 g/mol. The minimum absolute atomic E-state index is 0.459. The van der Waals surface area contributed by atoms with Crippen molar-refractivity contribution in [3.63, 3.8) is 0 Å². The Morgan fingerprint density at radius 3 is 2.06 bits per heavy atom. The molecule has 0 saturated carbocycles. The Morgan fingerprint density at radius 1 is 0.781 bits per heavy atom. The van der Waals surface area contributed by atoms with Crippen LogP contribution in [0.25, 0.3) is 33.3 Å². The zero-order valence-corrected chi connectivity index (χ0v) is 18.4. The molecule has 0 spiro atoms. The summed E-state index contributed by atoms with van der Waals surface area (Å²) in [5.41, 5.74) is 7.80. The fourth-order valence-electron chi connectivity index (χ4n) is 4.61. The van der Waals surface area contributed by atoms with E-state index in [0.717, 1.165) is 28.2 Å². The third kappa shape index (κ3) is 3.74. The summed E-state index contributed by atoms with van der Waals surface area (Å²) >= 11 is 0. The van der Waals surface area contributed by atoms with E-state index in [1.807, 2.05) is 36.7 Å². The van der Waals surface area contributed by atoms with Crippen molar-refractivity contribution in [2.45, 2.75) is 33.0 Å². The molecule has 3 aromatic carbocycles. The van der Waals surface area contributed by atoms with Gasteiger partial charge in [-0.15, -0.1) is 0 Å². The van der Waals surface area contributed by atoms with Crippen LogP contribution in [0.3, 0.4) is 0 Å². The Morgan fingerprint density at radius 2 is 1.41 bits per heavy atom. The molecule has 4 heteroatoms. The Labute approximate surface area is 188 Å². The molecule has 4 nitrogen and oxygen atoms in total. The molecule has 160 valence electrons. The number of aliphatic hydroxyl groups excluding tert-OH is 1. The standard InChI is InChI=1S/C28H27N3O/c1-20-17-21(2)31(29-20)19-24(32)18-30-26-16-10-9-15-25(26)27(22-11-5-3-6-12-22)28(30)23-13-7-4-8-14-23/h3-17,24,32H,18-19H2,1-2H3. The van der Waals surface area contributed by atoms with Gasteiger partial charge in [-0.25, -0.2) is 0 Å². The maximum atomic E-state index is 11.1. The van der Waals surface area contributed by atoms with Crippen LogP contribution < -0.4 is 0 Å². The molecule has 32 heavy (non-hydrogen) atoms. The van der Waals surface area contributed by atoms with Crippen LogP contribution in [-0.2, 0) is 13.1 Å². The summed E-state index contributed by atoms with van der Waals surface area (Å²) in [7, 11) is 0. The molecule has 0 amide bonds. The number of fused-ring (bicyclic) bond motifs is 1. The Bertz CT molecular complexity index is 1350. The van der Waals surface area contributed by atoms with Crippen molar-refractivity contribution in [2.24, 2.45) is 0 Å². The number of benzene rings is 3. The van der Waals surface area contributed by atoms with Crippen molar-refractivity contribution >= 4 is 10.9 Å². The molecule has 1 N–H and O–H groups in total. The fourth-order valence-corrected chi connectivity index (χ4v) is 4.61. The normalized spacial score (nSPS) is 12.3. The van der Waals surface area contributed by atoms with Gasteiger partial charge >= 0.3 is 0 Å². The second kappa shape index (κ2) is 8.48. The first-order valence-electron chi connectivity index (χ1n) is 11.0. The summed E-state index contributed by atoms with van der Waals surface area (Å²) in [6.07, 6.45) is -0.574. The summed E-state index contributed by atoms with van der Waals surface area (Å²) < 4.78 is 4.16. The van der Waals surface area contributed by atoms with E-state index in [-0.39, 0.29) is 0 Å². The first-order valence-corrected chi connectivity index (χ1v) is 11.0. The molecule has 0 aliphatic rings. The summed E-state index contributed by atoms with van der Waals surface area (Å²) in [6, 6.07) is 31.5. The lowest BCUT2D eigenvalue weighted by Gasteiger charge is -2.18. The highest BCUT2D eigenvalue weighted by Crippen LogP contribution is 2.41. The number of rotatable bonds is 6. The number of hydrogen-bond donors (Lipinski definition) is 1. The van der Waals surface area contributed by atoms with Gasteiger partial charge in [0, 0.05) is 22.2 Å². The maximum absolute atomic E-state index is 11.1. The molecule has 5 aromatic rings. The van der Waals surface area contributed by atoms with Crippen LogP contribution in [0.5, 0.6) is 0 Å². The highest BCUT2D eigenvalue weighted by atomic mass is 16.3. The zero-order chi connectivity index (χ0) is 22.1. The van der Waals surface area contributed by atoms with Gasteiger partial charge in [-0.3, -0.25) is 4.68 Å². The van der Waals surface area contributed by atoms with E-state index in [4.69, 9.17) is 0 Å². The topological polar surface area (TPSA) is 43.0 Å². The maximum Gasteiger partial charge on any atom is 0.0914 e. The van der Waals surface area contributed by atoms with Crippen molar-refractivity contribution < 1.29 is 5.11 Å². The van der Waals surface area contributed by atoms with Gasteiger partial charge in [0.15, 0.2) is 0 Å². The lowest BCUT2D eigenvalue weighted by molar-refractivity contribution is 0.131. The predicted octanol–water partition coefficient (Wildman–Crippen LogP) is 5.85. The fraction of sp³-hybridized carbons (Fsp3) is 0.179. The quantitative estimate of drug-likeness (QED) is 0.374. The first kappa shape index (κ1) is 20.3. The predicted molar refractivity (Wildman–Crippen MR) is 131 cm³/mol. The highest BCUT2D eigenvalue weighted by Gasteiger charge is 2.21. The minimum atomic E-state index is -0.574. The molecule has 0 saturated heterocycles. The molecule has 0 bridgehead atoms. The summed E-state index contributed by atoms with van der Waals surface area (Å²) in [5, 5.41) is 16.8. The van der Waals surface area contributed by atoms with Crippen LogP contribution in [0.1, 0.15) is 11.4 Å². The van der Waals surface area contributed by atoms with Gasteiger partial charge < -0.3 is 9.67 Å². The van der Waals surface area contributed by atoms with Crippen LogP contribution >= 0.6 is 0 Å². The molecule has 0 fully saturated rings. The van der Waals surface area contributed by atoms with E-state index in [2.05, 4.69) is 82.5 Å². The zero-order valence-electron chi connectivity index (χ0n) is 18.4. The van der Waals surface area contributed by atoms with E-state index in [1.165, 1.54) is 16.5 Å². The lowest BCUT2D eigenvalue weighted by atomic mass is 9.98. The number of para-hydroxylation sites is 1. The number of aryl methyl sites for hydroxylation is 2. The molecule has 5 rings (SSSR count). The molecule has 0 radical (unpaired) electrons. The monoisotopic (exact) mass is 421 g/mol. The number of hydrogen-bond acceptors (Lipinski definition) is 2. The Hall–Kier alpha value is -3.63. The van der Waals surface area contributed by atoms with E-state index >= 15 is 0 Å². The van der Waals surface area contributed by atoms with Crippen molar-refractivity contribution in [2.75, 3.05) is 0 Å². The van der Waals surface area contributed by atoms with Gasteiger partial charge in [0.25, 0.3) is 0 Å². The Kier molecular flexibility index (Phi) is 5.38. The van der Waals surface area contributed by atoms with E-state index < -0.39 is 6.10 Å². The third-order valence-corrected chi connectivity index (χ3v) is 5.96. The molecular weight excluding hydrogens is 394 g/mol. The van der Waals surface area contributed by atoms with E-state index in [9.17, 15) is 5.11 Å². The number of nitrogens with zero attached hydrogens (tertiary/aromatic N) is 3. The molecule has 2 aromatic heterocycles. The SMILES string of the molecule is Cc1cc(C)n(CC(O)Cn2c(-c3ccccc3)c(-c3ccccc3)c3ccccc32)n1. The molecule has 0 aliphatic carbocycles. The second-order valence-electron chi connectivity index (χ2n) is 8.35. The van der Waals surface area contributed by atoms with Crippen LogP contribution in [0.15, 0.2) is 91.0 Å². The van der Waals surface area contributed by atoms with Gasteiger partial charge in [0.1, 0.15) is 0 Å². The molecular formula is C28H27N3O. The second-order valence-corrected chi connectivity index (χ2v) is 8.35.